The van der Waals surface area contributed by atoms with Crippen LogP contribution in [0.25, 0.3) is 0 Å². The van der Waals surface area contributed by atoms with Crippen molar-refractivity contribution in [3.63, 3.8) is 0 Å². The van der Waals surface area contributed by atoms with Crippen LogP contribution in [0.3, 0.4) is 0 Å². The third kappa shape index (κ3) is 2.55. The zero-order valence-corrected chi connectivity index (χ0v) is 12.0. The molecule has 1 N–H and O–H groups in total. The van der Waals surface area contributed by atoms with E-state index in [4.69, 9.17) is 0 Å². The Morgan fingerprint density at radius 1 is 1.39 bits per heavy atom. The number of hydrogen-bond donors (Lipinski definition) is 1. The average molecular weight is 268 g/mol. The number of thioether (sulfide) groups is 1. The van der Waals surface area contributed by atoms with Gasteiger partial charge in [0.05, 0.1) is 6.04 Å². The van der Waals surface area contributed by atoms with E-state index >= 15 is 0 Å². The van der Waals surface area contributed by atoms with E-state index < -0.39 is 0 Å². The second-order valence-corrected chi connectivity index (χ2v) is 7.39. The normalized spacial score (nSPS) is 38.9. The van der Waals surface area contributed by atoms with Gasteiger partial charge in [-0.15, -0.1) is 0 Å². The number of fused-ring (bicyclic) bond motifs is 2. The third-order valence-electron chi connectivity index (χ3n) is 4.99. The number of hydrogen-bond acceptors (Lipinski definition) is 3. The molecule has 4 unspecified atom stereocenters. The van der Waals surface area contributed by atoms with Crippen molar-refractivity contribution in [2.45, 2.75) is 31.7 Å². The molecule has 4 heteroatoms. The minimum atomic E-state index is 0.0624. The van der Waals surface area contributed by atoms with E-state index in [1.54, 1.807) is 0 Å². The largest absolute Gasteiger partial charge is 0.344 e. The van der Waals surface area contributed by atoms with Crippen LogP contribution in [0, 0.1) is 17.8 Å². The maximum atomic E-state index is 12.3. The lowest BCUT2D eigenvalue weighted by atomic mass is 9.88. The van der Waals surface area contributed by atoms with E-state index in [-0.39, 0.29) is 6.04 Å². The molecular formula is C14H24N2OS. The summed E-state index contributed by atoms with van der Waals surface area (Å²) in [5.74, 6) is 5.07. The highest BCUT2D eigenvalue weighted by Crippen LogP contribution is 2.48. The highest BCUT2D eigenvalue weighted by atomic mass is 32.2. The smallest absolute Gasteiger partial charge is 0.240 e. The van der Waals surface area contributed by atoms with Gasteiger partial charge in [-0.05, 0) is 37.0 Å². The fourth-order valence-electron chi connectivity index (χ4n) is 4.03. The summed E-state index contributed by atoms with van der Waals surface area (Å²) in [4.78, 5) is 14.3. The lowest BCUT2D eigenvalue weighted by Crippen LogP contribution is -2.50. The summed E-state index contributed by atoms with van der Waals surface area (Å²) in [7, 11) is 2.00. The Hall–Kier alpha value is -0.220. The average Bonchev–Trinajstić information content (AvgIpc) is 3.01. The summed E-state index contributed by atoms with van der Waals surface area (Å²) in [5.41, 5.74) is 0. The van der Waals surface area contributed by atoms with Crippen molar-refractivity contribution >= 4 is 17.7 Å². The number of carbonyl (C=O) groups is 1. The Labute approximate surface area is 114 Å². The Bertz CT molecular complexity index is 317. The van der Waals surface area contributed by atoms with Crippen LogP contribution in [0.4, 0.5) is 0 Å². The lowest BCUT2D eigenvalue weighted by molar-refractivity contribution is -0.132. The zero-order valence-electron chi connectivity index (χ0n) is 11.2. The molecule has 102 valence electrons. The van der Waals surface area contributed by atoms with Crippen LogP contribution in [0.15, 0.2) is 0 Å². The first kappa shape index (κ1) is 12.8. The Morgan fingerprint density at radius 2 is 2.28 bits per heavy atom. The van der Waals surface area contributed by atoms with E-state index in [0.29, 0.717) is 5.91 Å². The highest BCUT2D eigenvalue weighted by Gasteiger charge is 2.40. The van der Waals surface area contributed by atoms with Gasteiger partial charge >= 0.3 is 0 Å². The molecule has 0 aromatic carbocycles. The monoisotopic (exact) mass is 268 g/mol. The van der Waals surface area contributed by atoms with Gasteiger partial charge in [0.15, 0.2) is 0 Å². The van der Waals surface area contributed by atoms with Crippen LogP contribution in [-0.2, 0) is 4.79 Å². The molecule has 1 amide bonds. The van der Waals surface area contributed by atoms with Crippen molar-refractivity contribution in [1.82, 2.24) is 10.2 Å². The Balaban J connectivity index is 1.51. The quantitative estimate of drug-likeness (QED) is 0.843. The van der Waals surface area contributed by atoms with E-state index in [0.717, 1.165) is 42.3 Å². The third-order valence-corrected chi connectivity index (χ3v) is 6.05. The molecule has 0 aromatic rings. The molecule has 1 aliphatic heterocycles. The molecule has 1 heterocycles. The summed E-state index contributed by atoms with van der Waals surface area (Å²) in [6.45, 7) is 1.96. The van der Waals surface area contributed by atoms with Crippen molar-refractivity contribution in [3.05, 3.63) is 0 Å². The van der Waals surface area contributed by atoms with E-state index in [1.807, 2.05) is 23.7 Å². The van der Waals surface area contributed by atoms with Gasteiger partial charge < -0.3 is 10.2 Å². The molecule has 0 spiro atoms. The van der Waals surface area contributed by atoms with Crippen LogP contribution in [0.5, 0.6) is 0 Å². The van der Waals surface area contributed by atoms with Gasteiger partial charge in [0.1, 0.15) is 0 Å². The van der Waals surface area contributed by atoms with Gasteiger partial charge in [0.25, 0.3) is 0 Å². The molecule has 3 aliphatic rings. The van der Waals surface area contributed by atoms with Crippen molar-refractivity contribution in [3.8, 4) is 0 Å². The summed E-state index contributed by atoms with van der Waals surface area (Å²) in [6.07, 6.45) is 5.66. The van der Waals surface area contributed by atoms with Crippen molar-refractivity contribution < 1.29 is 4.79 Å². The van der Waals surface area contributed by atoms with Crippen molar-refractivity contribution in [2.75, 3.05) is 31.6 Å². The van der Waals surface area contributed by atoms with Crippen LogP contribution < -0.4 is 5.32 Å². The minimum Gasteiger partial charge on any atom is -0.344 e. The first-order valence-corrected chi connectivity index (χ1v) is 8.45. The van der Waals surface area contributed by atoms with Crippen LogP contribution in [-0.4, -0.2) is 48.5 Å². The molecule has 18 heavy (non-hydrogen) atoms. The number of nitrogens with zero attached hydrogens (tertiary/aromatic N) is 1. The number of amides is 1. The van der Waals surface area contributed by atoms with Crippen LogP contribution >= 0.6 is 11.8 Å². The van der Waals surface area contributed by atoms with Gasteiger partial charge in [0.2, 0.25) is 5.91 Å². The topological polar surface area (TPSA) is 32.3 Å². The lowest BCUT2D eigenvalue weighted by Gasteiger charge is -2.31. The molecule has 2 bridgehead atoms. The molecule has 1 saturated heterocycles. The van der Waals surface area contributed by atoms with Crippen LogP contribution in [0.1, 0.15) is 25.7 Å². The molecule has 3 nitrogen and oxygen atoms in total. The van der Waals surface area contributed by atoms with Gasteiger partial charge in [-0.2, -0.15) is 11.8 Å². The number of nitrogens with one attached hydrogen (secondary N) is 1. The molecule has 3 rings (SSSR count). The molecule has 2 aliphatic carbocycles. The fraction of sp³-hybridized carbons (Fsp3) is 0.929. The second-order valence-electron chi connectivity index (χ2n) is 6.24. The van der Waals surface area contributed by atoms with Gasteiger partial charge in [-0.25, -0.2) is 0 Å². The van der Waals surface area contributed by atoms with Gasteiger partial charge in [0, 0.05) is 31.6 Å². The predicted octanol–water partition coefficient (Wildman–Crippen LogP) is 1.59. The summed E-state index contributed by atoms with van der Waals surface area (Å²) in [6, 6.07) is 0.0624. The van der Waals surface area contributed by atoms with Crippen LogP contribution in [0.2, 0.25) is 0 Å². The standard InChI is InChI=1S/C14H24N2OS/c1-16(14(17)13-9-18-5-4-15-13)8-12-7-10-2-3-11(12)6-10/h10-13,15H,2-9H2,1H3. The molecule has 0 aromatic heterocycles. The molecule has 0 radical (unpaired) electrons. The van der Waals surface area contributed by atoms with Crippen molar-refractivity contribution in [1.29, 1.82) is 0 Å². The predicted molar refractivity (Wildman–Crippen MR) is 75.7 cm³/mol. The maximum Gasteiger partial charge on any atom is 0.240 e. The van der Waals surface area contributed by atoms with E-state index in [9.17, 15) is 4.79 Å². The summed E-state index contributed by atoms with van der Waals surface area (Å²) >= 11 is 1.89. The fourth-order valence-corrected chi connectivity index (χ4v) is 4.96. The zero-order chi connectivity index (χ0) is 12.5. The first-order valence-electron chi connectivity index (χ1n) is 7.30. The SMILES string of the molecule is CN(CC1CC2CCC1C2)C(=O)C1CSCCN1. The van der Waals surface area contributed by atoms with E-state index in [1.165, 1.54) is 25.7 Å². The van der Waals surface area contributed by atoms with Gasteiger partial charge in [-0.1, -0.05) is 6.42 Å². The molecule has 3 fully saturated rings. The first-order chi connectivity index (χ1) is 8.74. The number of carbonyl (C=O) groups excluding carboxylic acids is 1. The summed E-state index contributed by atoms with van der Waals surface area (Å²) < 4.78 is 0. The minimum absolute atomic E-state index is 0.0624. The molecule has 4 atom stereocenters. The molecular weight excluding hydrogens is 244 g/mol. The van der Waals surface area contributed by atoms with Crippen molar-refractivity contribution in [2.24, 2.45) is 17.8 Å². The maximum absolute atomic E-state index is 12.3. The Morgan fingerprint density at radius 3 is 2.89 bits per heavy atom. The second kappa shape index (κ2) is 5.41. The number of likely N-dealkylation sites (N-methyl/N-ethyl adjacent to an activating group) is 1. The number of rotatable bonds is 3. The van der Waals surface area contributed by atoms with E-state index in [2.05, 4.69) is 5.32 Å². The Kier molecular flexibility index (Phi) is 3.85. The highest BCUT2D eigenvalue weighted by molar-refractivity contribution is 7.99. The summed E-state index contributed by atoms with van der Waals surface area (Å²) in [5, 5.41) is 3.35. The molecule has 2 saturated carbocycles. The van der Waals surface area contributed by atoms with Gasteiger partial charge in [-0.3, -0.25) is 4.79 Å².